The molecule has 5 rings (SSSR count). The topological polar surface area (TPSA) is 107 Å². The Kier molecular flexibility index (Phi) is 4.44. The van der Waals surface area contributed by atoms with Gasteiger partial charge in [-0.05, 0) is 46.3 Å². The third-order valence-electron chi connectivity index (χ3n) is 6.73. The van der Waals surface area contributed by atoms with Crippen molar-refractivity contribution in [2.75, 3.05) is 25.7 Å². The van der Waals surface area contributed by atoms with Gasteiger partial charge in [0, 0.05) is 12.5 Å². The van der Waals surface area contributed by atoms with Gasteiger partial charge in [0.25, 0.3) is 0 Å². The van der Waals surface area contributed by atoms with Gasteiger partial charge in [-0.25, -0.2) is 15.0 Å². The number of thioether (sulfide) groups is 1. The fourth-order valence-electron chi connectivity index (χ4n) is 5.05. The summed E-state index contributed by atoms with van der Waals surface area (Å²) in [5.74, 6) is -0.572. The van der Waals surface area contributed by atoms with Crippen molar-refractivity contribution in [3.8, 4) is 0 Å². The van der Waals surface area contributed by atoms with E-state index in [9.17, 15) is 0 Å². The minimum absolute atomic E-state index is 0.0417. The van der Waals surface area contributed by atoms with Crippen molar-refractivity contribution in [2.45, 2.75) is 69.1 Å². The molecule has 2 aromatic rings. The Bertz CT molecular complexity index is 995. The van der Waals surface area contributed by atoms with Gasteiger partial charge in [-0.15, -0.1) is 0 Å². The molecule has 0 aromatic carbocycles. The van der Waals surface area contributed by atoms with E-state index in [0.29, 0.717) is 29.0 Å². The van der Waals surface area contributed by atoms with Gasteiger partial charge < -0.3 is 29.2 Å². The Balaban J connectivity index is 1.54. The molecule has 30 heavy (non-hydrogen) atoms. The molecule has 1 aliphatic heterocycles. The number of nitrogens with zero attached hydrogens (tertiary/aromatic N) is 4. The van der Waals surface area contributed by atoms with Gasteiger partial charge in [-0.3, -0.25) is 0 Å². The van der Waals surface area contributed by atoms with Crippen molar-refractivity contribution in [3.05, 3.63) is 6.33 Å². The second-order valence-electron chi connectivity index (χ2n) is 9.37. The first-order valence-electron chi connectivity index (χ1n) is 10.2. The number of anilines is 1. The molecule has 1 saturated heterocycles. The maximum absolute atomic E-state index is 6.40. The average Bonchev–Trinajstić information content (AvgIpc) is 2.95. The van der Waals surface area contributed by atoms with Crippen molar-refractivity contribution in [3.63, 3.8) is 0 Å². The summed E-state index contributed by atoms with van der Waals surface area (Å²) in [7, 11) is 1.66. The minimum Gasteiger partial charge on any atom is -0.382 e. The van der Waals surface area contributed by atoms with Crippen molar-refractivity contribution < 1.29 is 18.9 Å². The molecule has 9 nitrogen and oxygen atoms in total. The quantitative estimate of drug-likeness (QED) is 0.416. The number of hydrogen-bond acceptors (Lipinski definition) is 9. The Morgan fingerprint density at radius 3 is 2.80 bits per heavy atom. The van der Waals surface area contributed by atoms with Gasteiger partial charge in [0.15, 0.2) is 28.2 Å². The highest BCUT2D eigenvalue weighted by atomic mass is 32.2. The smallest absolute Gasteiger partial charge is 0.191 e. The highest BCUT2D eigenvalue weighted by molar-refractivity contribution is 7.98. The Labute approximate surface area is 180 Å². The number of aromatic nitrogens is 4. The molecular weight excluding hydrogens is 406 g/mol. The number of imidazole rings is 1. The van der Waals surface area contributed by atoms with Crippen LogP contribution < -0.4 is 5.73 Å². The lowest BCUT2D eigenvalue weighted by Gasteiger charge is -2.29. The zero-order valence-electron chi connectivity index (χ0n) is 18.2. The van der Waals surface area contributed by atoms with Gasteiger partial charge in [0.1, 0.15) is 11.6 Å². The largest absolute Gasteiger partial charge is 0.382 e. The molecule has 0 spiro atoms. The summed E-state index contributed by atoms with van der Waals surface area (Å²) in [5, 5.41) is 0.632. The van der Waals surface area contributed by atoms with Crippen LogP contribution in [0, 0.1) is 11.3 Å². The van der Waals surface area contributed by atoms with Crippen LogP contribution >= 0.6 is 11.8 Å². The average molecular weight is 436 g/mol. The molecule has 2 aliphatic carbocycles. The van der Waals surface area contributed by atoms with Crippen LogP contribution in [-0.4, -0.2) is 63.3 Å². The van der Waals surface area contributed by atoms with E-state index in [1.54, 1.807) is 7.11 Å². The van der Waals surface area contributed by atoms with Gasteiger partial charge in [0.05, 0.1) is 25.1 Å². The summed E-state index contributed by atoms with van der Waals surface area (Å²) in [5.41, 5.74) is 7.39. The molecule has 0 radical (unpaired) electrons. The summed E-state index contributed by atoms with van der Waals surface area (Å²) in [4.78, 5) is 13.5. The number of ether oxygens (including phenoxy) is 4. The number of methoxy groups -OCH3 is 1. The van der Waals surface area contributed by atoms with E-state index in [4.69, 9.17) is 29.7 Å². The molecule has 10 heteroatoms. The minimum atomic E-state index is -0.653. The van der Waals surface area contributed by atoms with Crippen molar-refractivity contribution in [2.24, 2.45) is 11.3 Å². The van der Waals surface area contributed by atoms with E-state index in [1.807, 2.05) is 40.3 Å². The first-order chi connectivity index (χ1) is 14.1. The Morgan fingerprint density at radius 1 is 1.33 bits per heavy atom. The summed E-state index contributed by atoms with van der Waals surface area (Å²) in [6, 6.07) is 0.0417. The molecule has 3 heterocycles. The summed E-state index contributed by atoms with van der Waals surface area (Å²) in [6.45, 7) is 8.33. The SMILES string of the molecule is COC(C)(C)OCC12C[C@@H]1[C@@H](n1cnc3c(N)nc(SC)nc31)[C@@H]1OC(C)(C)O[C@@H]12. The van der Waals surface area contributed by atoms with E-state index in [-0.39, 0.29) is 23.7 Å². The summed E-state index contributed by atoms with van der Waals surface area (Å²) >= 11 is 1.46. The molecule has 5 atom stereocenters. The normalized spacial score (nSPS) is 34.3. The third kappa shape index (κ3) is 2.96. The van der Waals surface area contributed by atoms with E-state index in [0.717, 1.165) is 12.1 Å². The zero-order chi connectivity index (χ0) is 21.5. The van der Waals surface area contributed by atoms with Crippen LogP contribution in [0.3, 0.4) is 0 Å². The lowest BCUT2D eigenvalue weighted by Crippen LogP contribution is -2.37. The van der Waals surface area contributed by atoms with Gasteiger partial charge in [0.2, 0.25) is 0 Å². The molecule has 3 fully saturated rings. The van der Waals surface area contributed by atoms with Gasteiger partial charge >= 0.3 is 0 Å². The highest BCUT2D eigenvalue weighted by Crippen LogP contribution is 2.71. The van der Waals surface area contributed by atoms with Crippen LogP contribution in [0.5, 0.6) is 0 Å². The molecule has 0 bridgehead atoms. The summed E-state index contributed by atoms with van der Waals surface area (Å²) < 4.78 is 26.5. The molecular formula is C20H29N5O4S. The summed E-state index contributed by atoms with van der Waals surface area (Å²) in [6.07, 6.45) is 4.56. The molecule has 2 saturated carbocycles. The van der Waals surface area contributed by atoms with Gasteiger partial charge in [-0.2, -0.15) is 0 Å². The van der Waals surface area contributed by atoms with Crippen molar-refractivity contribution in [1.82, 2.24) is 19.5 Å². The van der Waals surface area contributed by atoms with Gasteiger partial charge in [-0.1, -0.05) is 11.8 Å². The molecule has 3 aliphatic rings. The van der Waals surface area contributed by atoms with Crippen molar-refractivity contribution >= 4 is 28.7 Å². The van der Waals surface area contributed by atoms with Crippen LogP contribution in [0.15, 0.2) is 11.5 Å². The second kappa shape index (κ2) is 6.52. The lowest BCUT2D eigenvalue weighted by atomic mass is 10.00. The molecule has 164 valence electrons. The fourth-order valence-corrected chi connectivity index (χ4v) is 5.41. The fraction of sp³-hybridized carbons (Fsp3) is 0.750. The molecule has 0 amide bonds. The molecule has 1 unspecified atom stereocenters. The number of rotatable bonds is 6. The predicted octanol–water partition coefficient (Wildman–Crippen LogP) is 2.61. The Hall–Kier alpha value is -1.46. The van der Waals surface area contributed by atoms with Crippen molar-refractivity contribution in [1.29, 1.82) is 0 Å². The van der Waals surface area contributed by atoms with E-state index in [2.05, 4.69) is 14.5 Å². The monoisotopic (exact) mass is 435 g/mol. The first kappa shape index (κ1) is 20.4. The number of fused-ring (bicyclic) bond motifs is 4. The highest BCUT2D eigenvalue weighted by Gasteiger charge is 2.76. The maximum atomic E-state index is 6.40. The third-order valence-corrected chi connectivity index (χ3v) is 7.28. The van der Waals surface area contributed by atoms with E-state index in [1.165, 1.54) is 11.8 Å². The van der Waals surface area contributed by atoms with Crippen LogP contribution in [0.4, 0.5) is 5.82 Å². The van der Waals surface area contributed by atoms with Crippen LogP contribution in [0.2, 0.25) is 0 Å². The van der Waals surface area contributed by atoms with Crippen LogP contribution in [0.1, 0.15) is 40.2 Å². The number of nitrogen functional groups attached to an aromatic ring is 1. The molecule has 2 aromatic heterocycles. The standard InChI is InChI=1S/C20H29N5O4S/c1-18(2,26-5)27-8-20-7-10(20)12(13-14(20)29-19(3,4)28-13)25-9-22-11-15(21)23-17(30-6)24-16(11)25/h9-10,12-14H,7-8H2,1-6H3,(H2,21,23,24)/t10-,12-,13+,14+,20?/m1/s1. The molecule has 2 N–H and O–H groups in total. The number of nitrogens with two attached hydrogens (primary N) is 1. The maximum Gasteiger partial charge on any atom is 0.191 e. The van der Waals surface area contributed by atoms with Crippen LogP contribution in [-0.2, 0) is 18.9 Å². The second-order valence-corrected chi connectivity index (χ2v) is 10.1. The predicted molar refractivity (Wildman–Crippen MR) is 112 cm³/mol. The Morgan fingerprint density at radius 2 is 2.10 bits per heavy atom. The number of hydrogen-bond donors (Lipinski definition) is 1. The van der Waals surface area contributed by atoms with E-state index >= 15 is 0 Å². The zero-order valence-corrected chi connectivity index (χ0v) is 19.0. The lowest BCUT2D eigenvalue weighted by molar-refractivity contribution is -0.216. The van der Waals surface area contributed by atoms with Crippen LogP contribution in [0.25, 0.3) is 11.2 Å². The first-order valence-corrected chi connectivity index (χ1v) is 11.4. The van der Waals surface area contributed by atoms with E-state index < -0.39 is 11.6 Å².